The lowest BCUT2D eigenvalue weighted by molar-refractivity contribution is -0.136. The highest BCUT2D eigenvalue weighted by Gasteiger charge is 2.22. The fourth-order valence-corrected chi connectivity index (χ4v) is 1.48. The molecule has 2 heterocycles. The van der Waals surface area contributed by atoms with Crippen LogP contribution in [0.2, 0.25) is 0 Å². The molecule has 0 atom stereocenters. The van der Waals surface area contributed by atoms with Gasteiger partial charge in [0, 0.05) is 37.6 Å². The Bertz CT molecular complexity index is 377. The highest BCUT2D eigenvalue weighted by atomic mass is 16.2. The number of hydrogen-bond acceptors (Lipinski definition) is 3. The fourth-order valence-electron chi connectivity index (χ4n) is 1.48. The van der Waals surface area contributed by atoms with E-state index in [1.807, 2.05) is 10.8 Å². The zero-order chi connectivity index (χ0) is 10.7. The monoisotopic (exact) mass is 205 g/mol. The van der Waals surface area contributed by atoms with E-state index in [2.05, 4.69) is 4.98 Å². The van der Waals surface area contributed by atoms with Gasteiger partial charge in [-0.05, 0) is 6.42 Å². The Morgan fingerprint density at radius 3 is 2.47 bits per heavy atom. The standard InChI is InChI=1S/C10H11N3O2/c14-9-2-3-10(15)13(9)6-1-5-12-7-4-11-8-12/h2-4,7-8H,1,5-6H2. The number of nitrogens with zero attached hydrogens (tertiary/aromatic N) is 3. The highest BCUT2D eigenvalue weighted by Crippen LogP contribution is 2.04. The summed E-state index contributed by atoms with van der Waals surface area (Å²) in [5.74, 6) is -0.434. The molecule has 2 amide bonds. The Balaban J connectivity index is 1.79. The van der Waals surface area contributed by atoms with Crippen LogP contribution in [0.15, 0.2) is 30.9 Å². The smallest absolute Gasteiger partial charge is 0.253 e. The summed E-state index contributed by atoms with van der Waals surface area (Å²) >= 11 is 0. The summed E-state index contributed by atoms with van der Waals surface area (Å²) in [4.78, 5) is 27.5. The van der Waals surface area contributed by atoms with E-state index in [9.17, 15) is 9.59 Å². The number of carbonyl (C=O) groups excluding carboxylic acids is 2. The van der Waals surface area contributed by atoms with E-state index in [4.69, 9.17) is 0 Å². The van der Waals surface area contributed by atoms with Gasteiger partial charge in [-0.3, -0.25) is 14.5 Å². The number of imidazole rings is 1. The Morgan fingerprint density at radius 1 is 1.13 bits per heavy atom. The summed E-state index contributed by atoms with van der Waals surface area (Å²) in [5.41, 5.74) is 0. The van der Waals surface area contributed by atoms with Crippen molar-refractivity contribution in [2.45, 2.75) is 13.0 Å². The maximum Gasteiger partial charge on any atom is 0.253 e. The highest BCUT2D eigenvalue weighted by molar-refractivity contribution is 6.12. The molecule has 0 aromatic carbocycles. The summed E-state index contributed by atoms with van der Waals surface area (Å²) < 4.78 is 1.92. The molecule has 0 N–H and O–H groups in total. The van der Waals surface area contributed by atoms with Crippen molar-refractivity contribution in [2.75, 3.05) is 6.54 Å². The van der Waals surface area contributed by atoms with Crippen molar-refractivity contribution in [1.29, 1.82) is 0 Å². The van der Waals surface area contributed by atoms with Crippen molar-refractivity contribution in [2.24, 2.45) is 0 Å². The van der Waals surface area contributed by atoms with Crippen LogP contribution in [0.5, 0.6) is 0 Å². The molecule has 0 saturated heterocycles. The molecule has 0 aliphatic carbocycles. The SMILES string of the molecule is O=C1C=CC(=O)N1CCCn1ccnc1. The summed E-state index contributed by atoms with van der Waals surface area (Å²) in [6.45, 7) is 1.22. The number of hydrogen-bond donors (Lipinski definition) is 0. The van der Waals surface area contributed by atoms with Gasteiger partial charge in [0.1, 0.15) is 0 Å². The third-order valence-electron chi connectivity index (χ3n) is 2.26. The first-order valence-corrected chi connectivity index (χ1v) is 4.76. The maximum atomic E-state index is 11.2. The first-order valence-electron chi connectivity index (χ1n) is 4.76. The second-order valence-electron chi connectivity index (χ2n) is 3.32. The summed E-state index contributed by atoms with van der Waals surface area (Å²) in [7, 11) is 0. The molecule has 0 radical (unpaired) electrons. The van der Waals surface area contributed by atoms with Crippen LogP contribution in [-0.2, 0) is 16.1 Å². The molecule has 78 valence electrons. The van der Waals surface area contributed by atoms with Crippen LogP contribution in [0, 0.1) is 0 Å². The lowest BCUT2D eigenvalue weighted by Crippen LogP contribution is -2.31. The van der Waals surface area contributed by atoms with Crippen LogP contribution in [0.4, 0.5) is 0 Å². The van der Waals surface area contributed by atoms with Crippen LogP contribution in [0.3, 0.4) is 0 Å². The summed E-state index contributed by atoms with van der Waals surface area (Å²) in [5, 5.41) is 0. The van der Waals surface area contributed by atoms with E-state index in [1.54, 1.807) is 12.5 Å². The molecule has 0 spiro atoms. The van der Waals surface area contributed by atoms with E-state index >= 15 is 0 Å². The molecule has 0 unspecified atom stereocenters. The van der Waals surface area contributed by atoms with Gasteiger partial charge in [0.25, 0.3) is 11.8 Å². The summed E-state index contributed by atoms with van der Waals surface area (Å²) in [6, 6.07) is 0. The third-order valence-corrected chi connectivity index (χ3v) is 2.26. The van der Waals surface area contributed by atoms with Gasteiger partial charge in [0.2, 0.25) is 0 Å². The number of imide groups is 1. The number of aryl methyl sites for hydroxylation is 1. The Hall–Kier alpha value is -1.91. The van der Waals surface area contributed by atoms with Crippen LogP contribution in [0.1, 0.15) is 6.42 Å². The van der Waals surface area contributed by atoms with Crippen LogP contribution >= 0.6 is 0 Å². The average molecular weight is 205 g/mol. The lowest BCUT2D eigenvalue weighted by atomic mass is 10.4. The van der Waals surface area contributed by atoms with Crippen LogP contribution in [-0.4, -0.2) is 32.8 Å². The van der Waals surface area contributed by atoms with Crippen molar-refractivity contribution in [3.63, 3.8) is 0 Å². The molecular formula is C10H11N3O2. The fraction of sp³-hybridized carbons (Fsp3) is 0.300. The van der Waals surface area contributed by atoms with E-state index in [-0.39, 0.29) is 11.8 Å². The predicted molar refractivity (Wildman–Crippen MR) is 52.7 cm³/mol. The molecule has 5 heteroatoms. The Labute approximate surface area is 87.0 Å². The van der Waals surface area contributed by atoms with Gasteiger partial charge in [-0.15, -0.1) is 0 Å². The van der Waals surface area contributed by atoms with E-state index in [1.165, 1.54) is 17.1 Å². The van der Waals surface area contributed by atoms with Gasteiger partial charge >= 0.3 is 0 Å². The van der Waals surface area contributed by atoms with Gasteiger partial charge in [0.15, 0.2) is 0 Å². The van der Waals surface area contributed by atoms with E-state index < -0.39 is 0 Å². The van der Waals surface area contributed by atoms with Crippen molar-refractivity contribution in [1.82, 2.24) is 14.5 Å². The number of amides is 2. The van der Waals surface area contributed by atoms with Gasteiger partial charge in [0.05, 0.1) is 6.33 Å². The Morgan fingerprint density at radius 2 is 1.87 bits per heavy atom. The number of rotatable bonds is 4. The largest absolute Gasteiger partial charge is 0.337 e. The average Bonchev–Trinajstić information content (AvgIpc) is 2.82. The van der Waals surface area contributed by atoms with E-state index in [0.717, 1.165) is 13.0 Å². The summed E-state index contributed by atoms with van der Waals surface area (Å²) in [6.07, 6.45) is 8.63. The molecule has 15 heavy (non-hydrogen) atoms. The molecule has 5 nitrogen and oxygen atoms in total. The molecule has 0 fully saturated rings. The topological polar surface area (TPSA) is 55.2 Å². The lowest BCUT2D eigenvalue weighted by Gasteiger charge is -2.13. The first kappa shape index (κ1) is 9.64. The Kier molecular flexibility index (Phi) is 2.62. The van der Waals surface area contributed by atoms with Gasteiger partial charge in [-0.25, -0.2) is 4.98 Å². The molecule has 1 aromatic rings. The van der Waals surface area contributed by atoms with Crippen molar-refractivity contribution < 1.29 is 9.59 Å². The van der Waals surface area contributed by atoms with Crippen LogP contribution in [0.25, 0.3) is 0 Å². The second kappa shape index (κ2) is 4.08. The number of carbonyl (C=O) groups is 2. The molecule has 0 bridgehead atoms. The zero-order valence-electron chi connectivity index (χ0n) is 8.17. The van der Waals surface area contributed by atoms with Crippen molar-refractivity contribution in [3.05, 3.63) is 30.9 Å². The van der Waals surface area contributed by atoms with Crippen LogP contribution < -0.4 is 0 Å². The maximum absolute atomic E-state index is 11.2. The second-order valence-corrected chi connectivity index (χ2v) is 3.32. The van der Waals surface area contributed by atoms with Gasteiger partial charge < -0.3 is 4.57 Å². The molecule has 0 saturated carbocycles. The molecule has 1 aromatic heterocycles. The molecular weight excluding hydrogens is 194 g/mol. The normalized spacial score (nSPS) is 15.3. The van der Waals surface area contributed by atoms with Gasteiger partial charge in [-0.1, -0.05) is 0 Å². The minimum absolute atomic E-state index is 0.217. The minimum atomic E-state index is -0.217. The molecule has 1 aliphatic rings. The van der Waals surface area contributed by atoms with Crippen molar-refractivity contribution >= 4 is 11.8 Å². The zero-order valence-corrected chi connectivity index (χ0v) is 8.17. The van der Waals surface area contributed by atoms with Crippen molar-refractivity contribution in [3.8, 4) is 0 Å². The number of aromatic nitrogens is 2. The third kappa shape index (κ3) is 2.12. The first-order chi connectivity index (χ1) is 7.27. The van der Waals surface area contributed by atoms with Gasteiger partial charge in [-0.2, -0.15) is 0 Å². The minimum Gasteiger partial charge on any atom is -0.337 e. The van der Waals surface area contributed by atoms with E-state index in [0.29, 0.717) is 6.54 Å². The molecule has 1 aliphatic heterocycles. The predicted octanol–water partition coefficient (Wildman–Crippen LogP) is 0.198. The molecule has 2 rings (SSSR count). The quantitative estimate of drug-likeness (QED) is 0.660.